The number of carbonyl (C=O) groups excluding carboxylic acids is 3. The van der Waals surface area contributed by atoms with Crippen molar-refractivity contribution in [3.63, 3.8) is 0 Å². The summed E-state index contributed by atoms with van der Waals surface area (Å²) in [6, 6.07) is 9.88. The summed E-state index contributed by atoms with van der Waals surface area (Å²) in [7, 11) is 0. The fourth-order valence-electron chi connectivity index (χ4n) is 2.34. The lowest BCUT2D eigenvalue weighted by Gasteiger charge is -2.13. The SMILES string of the molecule is O=C(Nc1cccc(CN2C(=O)CNC2=O)c1)c1ccc[nH]c1=S. The summed E-state index contributed by atoms with van der Waals surface area (Å²) in [6.07, 6.45) is 1.65. The van der Waals surface area contributed by atoms with Gasteiger partial charge in [-0.2, -0.15) is 0 Å². The van der Waals surface area contributed by atoms with Crippen LogP contribution in [0.2, 0.25) is 0 Å². The lowest BCUT2D eigenvalue weighted by Crippen LogP contribution is -2.30. The number of pyridine rings is 1. The number of imide groups is 1. The second-order valence-electron chi connectivity index (χ2n) is 5.21. The molecule has 7 nitrogen and oxygen atoms in total. The second-order valence-corrected chi connectivity index (χ2v) is 5.61. The molecule has 1 aliphatic rings. The number of urea groups is 1. The zero-order valence-corrected chi connectivity index (χ0v) is 13.4. The maximum atomic E-state index is 12.3. The summed E-state index contributed by atoms with van der Waals surface area (Å²) in [6.45, 7) is 0.168. The molecule has 0 radical (unpaired) electrons. The first kappa shape index (κ1) is 15.9. The summed E-state index contributed by atoms with van der Waals surface area (Å²) < 4.78 is 0.352. The van der Waals surface area contributed by atoms with Crippen LogP contribution in [-0.4, -0.2) is 34.3 Å². The van der Waals surface area contributed by atoms with E-state index in [1.54, 1.807) is 42.6 Å². The van der Waals surface area contributed by atoms with Crippen molar-refractivity contribution in [1.29, 1.82) is 0 Å². The third-order valence-electron chi connectivity index (χ3n) is 3.53. The van der Waals surface area contributed by atoms with Crippen molar-refractivity contribution in [2.24, 2.45) is 0 Å². The number of aromatic nitrogens is 1. The predicted molar refractivity (Wildman–Crippen MR) is 90.0 cm³/mol. The Morgan fingerprint density at radius 3 is 2.79 bits per heavy atom. The van der Waals surface area contributed by atoms with E-state index in [2.05, 4.69) is 15.6 Å². The van der Waals surface area contributed by atoms with Crippen LogP contribution >= 0.6 is 12.2 Å². The number of anilines is 1. The average Bonchev–Trinajstić information content (AvgIpc) is 2.87. The van der Waals surface area contributed by atoms with Crippen molar-refractivity contribution in [2.45, 2.75) is 6.54 Å². The van der Waals surface area contributed by atoms with E-state index in [4.69, 9.17) is 12.2 Å². The zero-order valence-electron chi connectivity index (χ0n) is 12.5. The number of H-pyrrole nitrogens is 1. The minimum Gasteiger partial charge on any atom is -0.352 e. The molecule has 1 saturated heterocycles. The second kappa shape index (κ2) is 6.63. The van der Waals surface area contributed by atoms with Crippen molar-refractivity contribution in [3.05, 3.63) is 58.4 Å². The minimum absolute atomic E-state index is 0.0153. The molecule has 3 rings (SSSR count). The molecule has 1 fully saturated rings. The van der Waals surface area contributed by atoms with E-state index in [0.717, 1.165) is 10.5 Å². The van der Waals surface area contributed by atoms with Gasteiger partial charge in [0.2, 0.25) is 5.91 Å². The van der Waals surface area contributed by atoms with Gasteiger partial charge in [0.15, 0.2) is 0 Å². The third kappa shape index (κ3) is 3.33. The lowest BCUT2D eigenvalue weighted by atomic mass is 10.2. The van der Waals surface area contributed by atoms with Gasteiger partial charge in [0.1, 0.15) is 4.64 Å². The highest BCUT2D eigenvalue weighted by Crippen LogP contribution is 2.15. The highest BCUT2D eigenvalue weighted by molar-refractivity contribution is 7.71. The van der Waals surface area contributed by atoms with Gasteiger partial charge in [0, 0.05) is 11.9 Å². The van der Waals surface area contributed by atoms with Crippen LogP contribution in [0.5, 0.6) is 0 Å². The van der Waals surface area contributed by atoms with Crippen LogP contribution in [-0.2, 0) is 11.3 Å². The Hall–Kier alpha value is -3.00. The number of rotatable bonds is 4. The fourth-order valence-corrected chi connectivity index (χ4v) is 2.57. The number of benzene rings is 1. The average molecular weight is 342 g/mol. The summed E-state index contributed by atoms with van der Waals surface area (Å²) in [5.74, 6) is -0.603. The third-order valence-corrected chi connectivity index (χ3v) is 3.86. The smallest absolute Gasteiger partial charge is 0.324 e. The molecule has 4 amide bonds. The molecule has 1 aromatic carbocycles. The van der Waals surface area contributed by atoms with Crippen LogP contribution in [0.25, 0.3) is 0 Å². The Morgan fingerprint density at radius 1 is 1.25 bits per heavy atom. The van der Waals surface area contributed by atoms with Gasteiger partial charge in [-0.25, -0.2) is 4.79 Å². The van der Waals surface area contributed by atoms with E-state index in [9.17, 15) is 14.4 Å². The molecular formula is C16H14N4O3S. The number of aromatic amines is 1. The van der Waals surface area contributed by atoms with Crippen molar-refractivity contribution in [1.82, 2.24) is 15.2 Å². The molecule has 0 bridgehead atoms. The van der Waals surface area contributed by atoms with Gasteiger partial charge in [-0.05, 0) is 29.8 Å². The highest BCUT2D eigenvalue weighted by Gasteiger charge is 2.28. The Labute approximate surface area is 142 Å². The van der Waals surface area contributed by atoms with E-state index < -0.39 is 6.03 Å². The maximum absolute atomic E-state index is 12.3. The molecule has 1 aliphatic heterocycles. The molecule has 2 heterocycles. The summed E-state index contributed by atoms with van der Waals surface area (Å²) in [4.78, 5) is 39.4. The Balaban J connectivity index is 1.75. The largest absolute Gasteiger partial charge is 0.352 e. The Morgan fingerprint density at radius 2 is 2.08 bits per heavy atom. The van der Waals surface area contributed by atoms with Crippen molar-refractivity contribution in [2.75, 3.05) is 11.9 Å². The quantitative estimate of drug-likeness (QED) is 0.585. The molecule has 24 heavy (non-hydrogen) atoms. The normalized spacial score (nSPS) is 13.8. The highest BCUT2D eigenvalue weighted by atomic mass is 32.1. The van der Waals surface area contributed by atoms with Gasteiger partial charge in [-0.1, -0.05) is 24.4 Å². The van der Waals surface area contributed by atoms with Gasteiger partial charge in [0.05, 0.1) is 18.7 Å². The number of carbonyl (C=O) groups is 3. The first-order chi connectivity index (χ1) is 11.5. The van der Waals surface area contributed by atoms with E-state index >= 15 is 0 Å². The van der Waals surface area contributed by atoms with Gasteiger partial charge in [-0.3, -0.25) is 14.5 Å². The van der Waals surface area contributed by atoms with Crippen LogP contribution in [0.15, 0.2) is 42.6 Å². The summed E-state index contributed by atoms with van der Waals surface area (Å²) >= 11 is 5.09. The Bertz CT molecular complexity index is 861. The molecule has 0 atom stereocenters. The van der Waals surface area contributed by atoms with E-state index in [1.807, 2.05) is 0 Å². The molecule has 0 unspecified atom stereocenters. The van der Waals surface area contributed by atoms with Crippen LogP contribution in [0.1, 0.15) is 15.9 Å². The number of hydrogen-bond acceptors (Lipinski definition) is 4. The van der Waals surface area contributed by atoms with Crippen LogP contribution < -0.4 is 10.6 Å². The maximum Gasteiger partial charge on any atom is 0.324 e. The molecule has 0 spiro atoms. The molecule has 1 aromatic heterocycles. The number of nitrogens with zero attached hydrogens (tertiary/aromatic N) is 1. The van der Waals surface area contributed by atoms with Crippen LogP contribution in [0.3, 0.4) is 0 Å². The zero-order chi connectivity index (χ0) is 17.1. The molecule has 0 aliphatic carbocycles. The molecule has 3 N–H and O–H groups in total. The molecule has 2 aromatic rings. The topological polar surface area (TPSA) is 94.3 Å². The van der Waals surface area contributed by atoms with E-state index in [-0.39, 0.29) is 24.9 Å². The van der Waals surface area contributed by atoms with E-state index in [0.29, 0.717) is 15.9 Å². The standard InChI is InChI=1S/C16H14N4O3S/c21-13-8-18-16(23)20(13)9-10-3-1-4-11(7-10)19-14(22)12-5-2-6-17-15(12)24/h1-7H,8-9H2,(H,17,24)(H,18,23)(H,19,22). The van der Waals surface area contributed by atoms with Gasteiger partial charge < -0.3 is 15.6 Å². The van der Waals surface area contributed by atoms with Crippen LogP contribution in [0.4, 0.5) is 10.5 Å². The fraction of sp³-hybridized carbons (Fsp3) is 0.125. The van der Waals surface area contributed by atoms with Gasteiger partial charge in [-0.15, -0.1) is 0 Å². The molecular weight excluding hydrogens is 328 g/mol. The number of hydrogen-bond donors (Lipinski definition) is 3. The van der Waals surface area contributed by atoms with Crippen molar-refractivity contribution >= 4 is 35.8 Å². The Kier molecular flexibility index (Phi) is 4.39. The van der Waals surface area contributed by atoms with Crippen molar-refractivity contribution in [3.8, 4) is 0 Å². The van der Waals surface area contributed by atoms with Gasteiger partial charge >= 0.3 is 6.03 Å². The summed E-state index contributed by atoms with van der Waals surface area (Å²) in [5, 5.41) is 5.22. The van der Waals surface area contributed by atoms with Crippen LogP contribution in [0, 0.1) is 4.64 Å². The first-order valence-electron chi connectivity index (χ1n) is 7.21. The van der Waals surface area contributed by atoms with Crippen molar-refractivity contribution < 1.29 is 14.4 Å². The predicted octanol–water partition coefficient (Wildman–Crippen LogP) is 2.05. The molecule has 122 valence electrons. The number of amides is 4. The summed E-state index contributed by atoms with van der Waals surface area (Å²) in [5.41, 5.74) is 1.66. The first-order valence-corrected chi connectivity index (χ1v) is 7.61. The molecule has 8 heteroatoms. The monoisotopic (exact) mass is 342 g/mol. The number of nitrogens with one attached hydrogen (secondary N) is 3. The van der Waals surface area contributed by atoms with Gasteiger partial charge in [0.25, 0.3) is 5.91 Å². The van der Waals surface area contributed by atoms with E-state index in [1.165, 1.54) is 0 Å². The lowest BCUT2D eigenvalue weighted by molar-refractivity contribution is -0.125. The minimum atomic E-state index is -0.412. The molecule has 0 saturated carbocycles.